The Balaban J connectivity index is 1.97. The van der Waals surface area contributed by atoms with Gasteiger partial charge in [0.1, 0.15) is 6.04 Å². The lowest BCUT2D eigenvalue weighted by Crippen LogP contribution is -2.88. The van der Waals surface area contributed by atoms with Gasteiger partial charge in [0.2, 0.25) is 0 Å². The molecule has 0 unspecified atom stereocenters. The summed E-state index contributed by atoms with van der Waals surface area (Å²) in [5, 5.41) is 5.07. The molecular formula is C19H24BrN2O+. The van der Waals surface area contributed by atoms with Gasteiger partial charge in [-0.05, 0) is 40.5 Å². The molecule has 2 aromatic carbocycles. The minimum Gasteiger partial charge on any atom is -0.332 e. The molecule has 0 aliphatic rings. The number of amides is 1. The molecule has 2 aromatic rings. The minimum atomic E-state index is 0.0103. The van der Waals surface area contributed by atoms with Crippen LogP contribution in [0, 0.1) is 12.8 Å². The molecule has 1 amide bonds. The van der Waals surface area contributed by atoms with E-state index in [-0.39, 0.29) is 11.9 Å². The number of benzene rings is 2. The van der Waals surface area contributed by atoms with E-state index in [9.17, 15) is 4.79 Å². The molecule has 0 aliphatic heterocycles. The standard InChI is InChI=1S/C19H23BrN2O/c1-13(2)19(15-7-5-4-6-8-15)21-12-18(23)22-17-10-9-14(3)11-16(17)20/h4-11,13,19,21H,12H2,1-3H3,(H,22,23)/p+1/t19-/m1/s1. The van der Waals surface area contributed by atoms with Gasteiger partial charge in [0, 0.05) is 16.0 Å². The Hall–Kier alpha value is -1.65. The molecular weight excluding hydrogens is 352 g/mol. The molecule has 1 atom stereocenters. The zero-order chi connectivity index (χ0) is 16.8. The number of hydrogen-bond acceptors (Lipinski definition) is 1. The van der Waals surface area contributed by atoms with E-state index >= 15 is 0 Å². The molecule has 0 aromatic heterocycles. The molecule has 2 rings (SSSR count). The highest BCUT2D eigenvalue weighted by Gasteiger charge is 2.20. The molecule has 0 radical (unpaired) electrons. The lowest BCUT2D eigenvalue weighted by Gasteiger charge is -2.19. The number of nitrogens with one attached hydrogen (secondary N) is 1. The third kappa shape index (κ3) is 5.19. The molecule has 122 valence electrons. The summed E-state index contributed by atoms with van der Waals surface area (Å²) in [6, 6.07) is 16.5. The van der Waals surface area contributed by atoms with E-state index in [1.807, 2.05) is 43.3 Å². The van der Waals surface area contributed by atoms with Crippen molar-refractivity contribution in [2.45, 2.75) is 26.8 Å². The van der Waals surface area contributed by atoms with E-state index in [2.05, 4.69) is 52.5 Å². The van der Waals surface area contributed by atoms with E-state index in [1.165, 1.54) is 5.56 Å². The zero-order valence-corrected chi connectivity index (χ0v) is 15.4. The first-order valence-electron chi connectivity index (χ1n) is 7.91. The second-order valence-corrected chi connectivity index (χ2v) is 7.01. The molecule has 23 heavy (non-hydrogen) atoms. The molecule has 4 heteroatoms. The summed E-state index contributed by atoms with van der Waals surface area (Å²) in [7, 11) is 0. The highest BCUT2D eigenvalue weighted by atomic mass is 79.9. The van der Waals surface area contributed by atoms with Crippen molar-refractivity contribution in [1.82, 2.24) is 0 Å². The Morgan fingerprint density at radius 3 is 2.48 bits per heavy atom. The Morgan fingerprint density at radius 1 is 1.17 bits per heavy atom. The first-order chi connectivity index (χ1) is 11.0. The third-order valence-corrected chi connectivity index (χ3v) is 4.51. The number of nitrogens with two attached hydrogens (primary N) is 1. The molecule has 0 fully saturated rings. The van der Waals surface area contributed by atoms with Crippen LogP contribution < -0.4 is 10.6 Å². The van der Waals surface area contributed by atoms with Gasteiger partial charge < -0.3 is 10.6 Å². The molecule has 0 saturated heterocycles. The van der Waals surface area contributed by atoms with Crippen LogP contribution in [0.5, 0.6) is 0 Å². The average Bonchev–Trinajstić information content (AvgIpc) is 2.51. The Labute approximate surface area is 146 Å². The van der Waals surface area contributed by atoms with Crippen LogP contribution in [0.2, 0.25) is 0 Å². The lowest BCUT2D eigenvalue weighted by atomic mass is 9.96. The fraction of sp³-hybridized carbons (Fsp3) is 0.316. The summed E-state index contributed by atoms with van der Waals surface area (Å²) in [4.78, 5) is 12.2. The Kier molecular flexibility index (Phi) is 6.37. The molecule has 0 heterocycles. The van der Waals surface area contributed by atoms with Crippen molar-refractivity contribution >= 4 is 27.5 Å². The highest BCUT2D eigenvalue weighted by Crippen LogP contribution is 2.23. The summed E-state index contributed by atoms with van der Waals surface area (Å²) in [6.45, 7) is 6.79. The van der Waals surface area contributed by atoms with E-state index in [4.69, 9.17) is 0 Å². The highest BCUT2D eigenvalue weighted by molar-refractivity contribution is 9.10. The number of rotatable bonds is 6. The van der Waals surface area contributed by atoms with Crippen molar-refractivity contribution in [3.8, 4) is 0 Å². The smallest absolute Gasteiger partial charge is 0.279 e. The molecule has 3 nitrogen and oxygen atoms in total. The summed E-state index contributed by atoms with van der Waals surface area (Å²) in [6.07, 6.45) is 0. The minimum absolute atomic E-state index is 0.0103. The number of hydrogen-bond donors (Lipinski definition) is 2. The maximum atomic E-state index is 12.2. The largest absolute Gasteiger partial charge is 0.332 e. The molecule has 0 saturated carbocycles. The first kappa shape index (κ1) is 17.7. The van der Waals surface area contributed by atoms with Crippen LogP contribution in [0.4, 0.5) is 5.69 Å². The monoisotopic (exact) mass is 375 g/mol. The SMILES string of the molecule is Cc1ccc(NC(=O)C[NH2+][C@@H](c2ccccc2)C(C)C)c(Br)c1. The van der Waals surface area contributed by atoms with Gasteiger partial charge in [0.15, 0.2) is 6.54 Å². The topological polar surface area (TPSA) is 45.7 Å². The lowest BCUT2D eigenvalue weighted by molar-refractivity contribution is -0.692. The number of carbonyl (C=O) groups excluding carboxylic acids is 1. The Bertz CT molecular complexity index is 656. The van der Waals surface area contributed by atoms with Gasteiger partial charge in [-0.1, -0.05) is 50.2 Å². The fourth-order valence-corrected chi connectivity index (χ4v) is 3.22. The van der Waals surface area contributed by atoms with Crippen LogP contribution in [-0.4, -0.2) is 12.5 Å². The predicted molar refractivity (Wildman–Crippen MR) is 98.3 cm³/mol. The number of halogens is 1. The van der Waals surface area contributed by atoms with Crippen LogP contribution in [0.25, 0.3) is 0 Å². The molecule has 0 spiro atoms. The second kappa shape index (κ2) is 8.27. The normalized spacial score (nSPS) is 12.2. The predicted octanol–water partition coefficient (Wildman–Crippen LogP) is 3.66. The van der Waals surface area contributed by atoms with E-state index in [1.54, 1.807) is 0 Å². The second-order valence-electron chi connectivity index (χ2n) is 6.15. The van der Waals surface area contributed by atoms with Gasteiger partial charge in [0.05, 0.1) is 5.69 Å². The summed E-state index contributed by atoms with van der Waals surface area (Å²) < 4.78 is 0.911. The first-order valence-corrected chi connectivity index (χ1v) is 8.71. The summed E-state index contributed by atoms with van der Waals surface area (Å²) in [5.74, 6) is 0.465. The number of quaternary nitrogens is 1. The van der Waals surface area contributed by atoms with Crippen molar-refractivity contribution in [3.05, 3.63) is 64.1 Å². The van der Waals surface area contributed by atoms with Gasteiger partial charge in [-0.2, -0.15) is 0 Å². The molecule has 0 aliphatic carbocycles. The number of aryl methyl sites for hydroxylation is 1. The van der Waals surface area contributed by atoms with E-state index in [0.717, 1.165) is 15.7 Å². The molecule has 3 N–H and O–H groups in total. The van der Waals surface area contributed by atoms with E-state index in [0.29, 0.717) is 12.5 Å². The maximum absolute atomic E-state index is 12.2. The van der Waals surface area contributed by atoms with Crippen LogP contribution in [0.15, 0.2) is 53.0 Å². The fourth-order valence-electron chi connectivity index (χ4n) is 2.63. The van der Waals surface area contributed by atoms with E-state index < -0.39 is 0 Å². The number of carbonyl (C=O) groups is 1. The van der Waals surface area contributed by atoms with Crippen LogP contribution in [-0.2, 0) is 4.79 Å². The van der Waals surface area contributed by atoms with Crippen molar-refractivity contribution in [3.63, 3.8) is 0 Å². The van der Waals surface area contributed by atoms with Crippen molar-refractivity contribution in [2.75, 3.05) is 11.9 Å². The quantitative estimate of drug-likeness (QED) is 0.794. The zero-order valence-electron chi connectivity index (χ0n) is 13.8. The average molecular weight is 376 g/mol. The van der Waals surface area contributed by atoms with Gasteiger partial charge in [-0.3, -0.25) is 4.79 Å². The van der Waals surface area contributed by atoms with Crippen LogP contribution in [0.3, 0.4) is 0 Å². The van der Waals surface area contributed by atoms with Gasteiger partial charge in [-0.15, -0.1) is 0 Å². The molecule has 0 bridgehead atoms. The number of anilines is 1. The van der Waals surface area contributed by atoms with Crippen LogP contribution >= 0.6 is 15.9 Å². The van der Waals surface area contributed by atoms with Gasteiger partial charge >= 0.3 is 0 Å². The van der Waals surface area contributed by atoms with Gasteiger partial charge in [0.25, 0.3) is 5.91 Å². The Morgan fingerprint density at radius 2 is 1.87 bits per heavy atom. The third-order valence-electron chi connectivity index (χ3n) is 3.86. The van der Waals surface area contributed by atoms with Crippen molar-refractivity contribution in [2.24, 2.45) is 5.92 Å². The van der Waals surface area contributed by atoms with Crippen LogP contribution in [0.1, 0.15) is 31.0 Å². The van der Waals surface area contributed by atoms with Crippen molar-refractivity contribution in [1.29, 1.82) is 0 Å². The maximum Gasteiger partial charge on any atom is 0.279 e. The van der Waals surface area contributed by atoms with Gasteiger partial charge in [-0.25, -0.2) is 0 Å². The summed E-state index contributed by atoms with van der Waals surface area (Å²) in [5.41, 5.74) is 3.23. The van der Waals surface area contributed by atoms with Crippen molar-refractivity contribution < 1.29 is 10.1 Å². The summed E-state index contributed by atoms with van der Waals surface area (Å²) >= 11 is 3.49.